The van der Waals surface area contributed by atoms with E-state index in [0.29, 0.717) is 5.56 Å². The molecule has 2 aromatic rings. The molecule has 0 aliphatic heterocycles. The number of guanidine groups is 1. The number of carbonyl (C=O) groups is 4. The summed E-state index contributed by atoms with van der Waals surface area (Å²) in [4.78, 5) is 56.5. The number of carbonyl (C=O) groups excluding carboxylic acids is 3. The van der Waals surface area contributed by atoms with E-state index >= 15 is 0 Å². The molecule has 12 N–H and O–H groups in total. The molecule has 1 aromatic heterocycles. The molecule has 14 nitrogen and oxygen atoms in total. The van der Waals surface area contributed by atoms with E-state index in [-0.39, 0.29) is 31.8 Å². The van der Waals surface area contributed by atoms with Gasteiger partial charge in [-0.15, -0.1) is 0 Å². The Hall–Kier alpha value is -4.17. The van der Waals surface area contributed by atoms with Gasteiger partial charge in [-0.05, 0) is 31.4 Å². The third-order valence-corrected chi connectivity index (χ3v) is 5.52. The van der Waals surface area contributed by atoms with Crippen LogP contribution >= 0.6 is 0 Å². The Kier molecular flexibility index (Phi) is 10.8. The molecule has 14 heteroatoms. The zero-order valence-corrected chi connectivity index (χ0v) is 20.4. The summed E-state index contributed by atoms with van der Waals surface area (Å²) in [7, 11) is 0. The molecule has 1 heterocycles. The van der Waals surface area contributed by atoms with Crippen LogP contribution in [0.5, 0.6) is 0 Å². The Morgan fingerprint density at radius 2 is 1.62 bits per heavy atom. The molecule has 0 radical (unpaired) electrons. The molecule has 4 unspecified atom stereocenters. The van der Waals surface area contributed by atoms with Crippen LogP contribution in [0.3, 0.4) is 0 Å². The monoisotopic (exact) mass is 518 g/mol. The van der Waals surface area contributed by atoms with Crippen LogP contribution in [-0.4, -0.2) is 82.2 Å². The van der Waals surface area contributed by atoms with E-state index in [2.05, 4.69) is 25.9 Å². The molecule has 202 valence electrons. The highest BCUT2D eigenvalue weighted by Gasteiger charge is 2.30. The minimum absolute atomic E-state index is 0.0105. The number of nitrogens with one attached hydrogen (secondary N) is 4. The first-order chi connectivity index (χ1) is 17.5. The predicted octanol–water partition coefficient (Wildman–Crippen LogP) is -2.36. The normalized spacial score (nSPS) is 14.1. The molecule has 0 fully saturated rings. The van der Waals surface area contributed by atoms with E-state index in [1.165, 1.54) is 6.92 Å². The van der Waals surface area contributed by atoms with Crippen molar-refractivity contribution in [3.8, 4) is 0 Å². The maximum atomic E-state index is 13.1. The number of rotatable bonds is 14. The largest absolute Gasteiger partial charge is 0.480 e. The lowest BCUT2D eigenvalue weighted by Crippen LogP contribution is -2.58. The molecule has 0 aliphatic rings. The summed E-state index contributed by atoms with van der Waals surface area (Å²) >= 11 is 0. The number of amides is 3. The summed E-state index contributed by atoms with van der Waals surface area (Å²) in [6, 6.07) is 2.54. The van der Waals surface area contributed by atoms with Crippen molar-refractivity contribution < 1.29 is 29.4 Å². The number of carboxylic acids is 1. The van der Waals surface area contributed by atoms with Crippen LogP contribution in [0, 0.1) is 0 Å². The molecule has 37 heavy (non-hydrogen) atoms. The molecule has 0 saturated carbocycles. The third kappa shape index (κ3) is 8.77. The Bertz CT molecular complexity index is 1130. The van der Waals surface area contributed by atoms with E-state index in [1.807, 2.05) is 24.3 Å². The van der Waals surface area contributed by atoms with Gasteiger partial charge in [-0.3, -0.25) is 19.4 Å². The number of fused-ring (bicyclic) bond motifs is 1. The number of aromatic nitrogens is 1. The number of aliphatic hydroxyl groups is 1. The highest BCUT2D eigenvalue weighted by Crippen LogP contribution is 2.19. The fourth-order valence-electron chi connectivity index (χ4n) is 3.53. The molecule has 3 amide bonds. The fourth-order valence-corrected chi connectivity index (χ4v) is 3.53. The second kappa shape index (κ2) is 13.8. The average molecular weight is 519 g/mol. The van der Waals surface area contributed by atoms with E-state index in [0.717, 1.165) is 10.9 Å². The second-order valence-electron chi connectivity index (χ2n) is 8.51. The Morgan fingerprint density at radius 1 is 1.00 bits per heavy atom. The summed E-state index contributed by atoms with van der Waals surface area (Å²) in [6.45, 7) is 0.816. The lowest BCUT2D eigenvalue weighted by Gasteiger charge is -2.24. The number of carboxylic acid groups (broad SMARTS) is 1. The van der Waals surface area contributed by atoms with Gasteiger partial charge in [0.2, 0.25) is 17.7 Å². The zero-order chi connectivity index (χ0) is 27.5. The minimum atomic E-state index is -1.37. The Labute approximate surface area is 213 Å². The Morgan fingerprint density at radius 3 is 2.24 bits per heavy atom. The summed E-state index contributed by atoms with van der Waals surface area (Å²) in [5.41, 5.74) is 17.6. The van der Waals surface area contributed by atoms with E-state index < -0.39 is 54.5 Å². The van der Waals surface area contributed by atoms with Crippen molar-refractivity contribution in [2.75, 3.05) is 13.2 Å². The van der Waals surface area contributed by atoms with Crippen molar-refractivity contribution in [1.29, 1.82) is 0 Å². The number of nitrogens with zero attached hydrogens (tertiary/aromatic N) is 1. The standard InChI is InChI=1S/C23H34N8O6/c1-12(24)19(33)31-18(11-32)21(35)29-16(7-4-8-27-23(25)26)20(34)30-17(22(36)37)9-13-10-28-15-6-3-2-5-14(13)15/h2-3,5-6,10,12,16-18,28,32H,4,7-9,11,24H2,1H3,(H,29,35)(H,30,34)(H,31,33)(H,36,37)(H4,25,26,27). The van der Waals surface area contributed by atoms with E-state index in [1.54, 1.807) is 6.20 Å². The van der Waals surface area contributed by atoms with Crippen molar-refractivity contribution in [3.05, 3.63) is 36.0 Å². The van der Waals surface area contributed by atoms with E-state index in [4.69, 9.17) is 17.2 Å². The molecule has 0 saturated heterocycles. The van der Waals surface area contributed by atoms with Gasteiger partial charge in [-0.2, -0.15) is 0 Å². The van der Waals surface area contributed by atoms with E-state index in [9.17, 15) is 29.4 Å². The third-order valence-electron chi connectivity index (χ3n) is 5.52. The van der Waals surface area contributed by atoms with Gasteiger partial charge in [-0.25, -0.2) is 4.79 Å². The SMILES string of the molecule is CC(N)C(=O)NC(CO)C(=O)NC(CCCN=C(N)N)C(=O)NC(Cc1c[nH]c2ccccc12)C(=O)O. The predicted molar refractivity (Wildman–Crippen MR) is 136 cm³/mol. The highest BCUT2D eigenvalue weighted by atomic mass is 16.4. The number of H-pyrrole nitrogens is 1. The van der Waals surface area contributed by atoms with Gasteiger partial charge in [0, 0.05) is 30.1 Å². The van der Waals surface area contributed by atoms with Crippen LogP contribution in [0.15, 0.2) is 35.5 Å². The molecule has 0 spiro atoms. The van der Waals surface area contributed by atoms with Gasteiger partial charge < -0.3 is 48.3 Å². The molecule has 0 bridgehead atoms. The van der Waals surface area contributed by atoms with Gasteiger partial charge in [-0.1, -0.05) is 18.2 Å². The Balaban J connectivity index is 2.17. The van der Waals surface area contributed by atoms with Gasteiger partial charge in [0.1, 0.15) is 18.1 Å². The van der Waals surface area contributed by atoms with Gasteiger partial charge in [0.25, 0.3) is 0 Å². The summed E-state index contributed by atoms with van der Waals surface area (Å²) in [6.07, 6.45) is 1.98. The average Bonchev–Trinajstić information content (AvgIpc) is 3.26. The minimum Gasteiger partial charge on any atom is -0.480 e. The number of aliphatic imine (C=N–C) groups is 1. The summed E-state index contributed by atoms with van der Waals surface area (Å²) in [5, 5.41) is 27.4. The number of hydrogen-bond donors (Lipinski definition) is 9. The fraction of sp³-hybridized carbons (Fsp3) is 0.435. The highest BCUT2D eigenvalue weighted by molar-refractivity contribution is 5.94. The van der Waals surface area contributed by atoms with Crippen LogP contribution in [0.4, 0.5) is 0 Å². The first-order valence-electron chi connectivity index (χ1n) is 11.6. The second-order valence-corrected chi connectivity index (χ2v) is 8.51. The van der Waals surface area contributed by atoms with Gasteiger partial charge >= 0.3 is 5.97 Å². The summed E-state index contributed by atoms with van der Waals surface area (Å²) < 4.78 is 0. The van der Waals surface area contributed by atoms with Crippen LogP contribution in [0.1, 0.15) is 25.3 Å². The maximum absolute atomic E-state index is 13.1. The number of hydrogen-bond acceptors (Lipinski definition) is 7. The first kappa shape index (κ1) is 29.1. The molecule has 0 aliphatic carbocycles. The van der Waals surface area contributed by atoms with Crippen LogP contribution in [0.2, 0.25) is 0 Å². The lowest BCUT2D eigenvalue weighted by atomic mass is 10.0. The number of para-hydroxylation sites is 1. The van der Waals surface area contributed by atoms with Gasteiger partial charge in [0.15, 0.2) is 5.96 Å². The topological polar surface area (TPSA) is 251 Å². The lowest BCUT2D eigenvalue weighted by molar-refractivity contribution is -0.142. The quantitative estimate of drug-likeness (QED) is 0.0735. The number of benzene rings is 1. The number of aliphatic hydroxyl groups excluding tert-OH is 1. The molecular weight excluding hydrogens is 484 g/mol. The molecule has 1 aromatic carbocycles. The zero-order valence-electron chi connectivity index (χ0n) is 20.4. The van der Waals surface area contributed by atoms with Crippen LogP contribution in [-0.2, 0) is 25.6 Å². The van der Waals surface area contributed by atoms with Crippen molar-refractivity contribution in [2.45, 2.75) is 50.4 Å². The number of aromatic amines is 1. The van der Waals surface area contributed by atoms with Crippen molar-refractivity contribution >= 4 is 40.6 Å². The van der Waals surface area contributed by atoms with Crippen LogP contribution < -0.4 is 33.2 Å². The van der Waals surface area contributed by atoms with Crippen LogP contribution in [0.25, 0.3) is 10.9 Å². The molecule has 4 atom stereocenters. The molecule has 2 rings (SSSR count). The van der Waals surface area contributed by atoms with Gasteiger partial charge in [0.05, 0.1) is 12.6 Å². The smallest absolute Gasteiger partial charge is 0.326 e. The first-order valence-corrected chi connectivity index (χ1v) is 11.6. The van der Waals surface area contributed by atoms with Crippen molar-refractivity contribution in [3.63, 3.8) is 0 Å². The summed E-state index contributed by atoms with van der Waals surface area (Å²) in [5.74, 6) is -3.69. The number of nitrogens with two attached hydrogens (primary N) is 3. The number of aliphatic carboxylic acids is 1. The molecular formula is C23H34N8O6. The maximum Gasteiger partial charge on any atom is 0.326 e. The van der Waals surface area contributed by atoms with Crippen molar-refractivity contribution in [1.82, 2.24) is 20.9 Å². The van der Waals surface area contributed by atoms with Crippen molar-refractivity contribution in [2.24, 2.45) is 22.2 Å².